The Hall–Kier alpha value is -2.34. The summed E-state index contributed by atoms with van der Waals surface area (Å²) in [5.41, 5.74) is 0.955. The summed E-state index contributed by atoms with van der Waals surface area (Å²) in [6.07, 6.45) is 0. The first kappa shape index (κ1) is 20.0. The molecule has 0 saturated heterocycles. The van der Waals surface area contributed by atoms with Crippen LogP contribution in [-0.2, 0) is 4.79 Å². The van der Waals surface area contributed by atoms with E-state index in [0.29, 0.717) is 11.5 Å². The van der Waals surface area contributed by atoms with Crippen molar-refractivity contribution in [2.75, 3.05) is 6.61 Å². The smallest absolute Gasteiger partial charge is 0.262 e. The quantitative estimate of drug-likeness (QED) is 0.739. The van der Waals surface area contributed by atoms with Gasteiger partial charge in [-0.15, -0.1) is 11.3 Å². The van der Waals surface area contributed by atoms with E-state index in [1.807, 2.05) is 63.4 Å². The zero-order valence-corrected chi connectivity index (χ0v) is 16.4. The lowest BCUT2D eigenvalue weighted by atomic mass is 10.0. The fraction of sp³-hybridized carbons (Fsp3) is 0.400. The maximum Gasteiger partial charge on any atom is 0.262 e. The van der Waals surface area contributed by atoms with Crippen LogP contribution in [0.3, 0.4) is 0 Å². The van der Waals surface area contributed by atoms with Gasteiger partial charge in [-0.25, -0.2) is 0 Å². The Balaban J connectivity index is 2.04. The molecule has 2 unspecified atom stereocenters. The van der Waals surface area contributed by atoms with E-state index in [9.17, 15) is 9.59 Å². The summed E-state index contributed by atoms with van der Waals surface area (Å²) in [6.45, 7) is 8.27. The maximum absolute atomic E-state index is 12.7. The van der Waals surface area contributed by atoms with Gasteiger partial charge in [-0.3, -0.25) is 9.59 Å². The van der Waals surface area contributed by atoms with Crippen LogP contribution in [0.5, 0.6) is 5.75 Å². The standard InChI is InChI=1S/C20H26N2O3S/c1-5-25-16-9-6-8-15(12-16)14(4)21-20(24)18(13(2)3)22-19(23)17-10-7-11-26-17/h6-14,18H,5H2,1-4H3,(H,21,24)(H,22,23). The molecule has 0 aliphatic heterocycles. The van der Waals surface area contributed by atoms with Gasteiger partial charge in [-0.2, -0.15) is 0 Å². The van der Waals surface area contributed by atoms with Gasteiger partial charge in [-0.05, 0) is 48.9 Å². The predicted molar refractivity (Wildman–Crippen MR) is 105 cm³/mol. The van der Waals surface area contributed by atoms with Crippen molar-refractivity contribution < 1.29 is 14.3 Å². The second kappa shape index (κ2) is 9.38. The Morgan fingerprint density at radius 2 is 1.88 bits per heavy atom. The number of ether oxygens (including phenoxy) is 1. The molecule has 2 amide bonds. The summed E-state index contributed by atoms with van der Waals surface area (Å²) in [5.74, 6) is 0.331. The molecule has 140 valence electrons. The Bertz CT molecular complexity index is 728. The second-order valence-corrected chi connectivity index (χ2v) is 7.36. The van der Waals surface area contributed by atoms with Crippen molar-refractivity contribution in [2.24, 2.45) is 5.92 Å². The molecule has 0 aliphatic rings. The summed E-state index contributed by atoms with van der Waals surface area (Å²) >= 11 is 1.36. The molecule has 6 heteroatoms. The average molecular weight is 375 g/mol. The highest BCUT2D eigenvalue weighted by atomic mass is 32.1. The fourth-order valence-electron chi connectivity index (χ4n) is 2.58. The molecule has 0 spiro atoms. The molecule has 0 saturated carbocycles. The summed E-state index contributed by atoms with van der Waals surface area (Å²) in [7, 11) is 0. The van der Waals surface area contributed by atoms with Gasteiger partial charge in [0.1, 0.15) is 11.8 Å². The van der Waals surface area contributed by atoms with Crippen molar-refractivity contribution >= 4 is 23.2 Å². The third kappa shape index (κ3) is 5.33. The van der Waals surface area contributed by atoms with E-state index in [4.69, 9.17) is 4.74 Å². The van der Waals surface area contributed by atoms with Crippen LogP contribution in [0.15, 0.2) is 41.8 Å². The number of benzene rings is 1. The van der Waals surface area contributed by atoms with Gasteiger partial charge < -0.3 is 15.4 Å². The molecule has 0 radical (unpaired) electrons. The Morgan fingerprint density at radius 3 is 2.50 bits per heavy atom. The van der Waals surface area contributed by atoms with E-state index in [2.05, 4.69) is 10.6 Å². The van der Waals surface area contributed by atoms with Crippen molar-refractivity contribution in [3.05, 3.63) is 52.2 Å². The van der Waals surface area contributed by atoms with Gasteiger partial charge in [0.2, 0.25) is 5.91 Å². The van der Waals surface area contributed by atoms with Crippen LogP contribution in [0.2, 0.25) is 0 Å². The normalized spacial score (nSPS) is 13.1. The fourth-order valence-corrected chi connectivity index (χ4v) is 3.21. The monoisotopic (exact) mass is 374 g/mol. The molecule has 0 aliphatic carbocycles. The van der Waals surface area contributed by atoms with Gasteiger partial charge in [0.15, 0.2) is 0 Å². The number of amides is 2. The minimum Gasteiger partial charge on any atom is -0.494 e. The van der Waals surface area contributed by atoms with E-state index in [1.54, 1.807) is 6.07 Å². The number of carbonyl (C=O) groups excluding carboxylic acids is 2. The lowest BCUT2D eigenvalue weighted by Crippen LogP contribution is -2.50. The molecule has 1 aromatic heterocycles. The first-order valence-corrected chi connectivity index (χ1v) is 9.67. The Morgan fingerprint density at radius 1 is 1.12 bits per heavy atom. The molecule has 2 rings (SSSR count). The molecule has 2 aromatic rings. The molecule has 1 aromatic carbocycles. The maximum atomic E-state index is 12.7. The van der Waals surface area contributed by atoms with Crippen molar-refractivity contribution in [3.63, 3.8) is 0 Å². The van der Waals surface area contributed by atoms with E-state index < -0.39 is 6.04 Å². The highest BCUT2D eigenvalue weighted by Gasteiger charge is 2.26. The van der Waals surface area contributed by atoms with Crippen LogP contribution in [0.1, 0.15) is 49.0 Å². The Kier molecular flexibility index (Phi) is 7.21. The number of rotatable bonds is 8. The van der Waals surface area contributed by atoms with Crippen molar-refractivity contribution in [1.29, 1.82) is 0 Å². The largest absolute Gasteiger partial charge is 0.494 e. The molecule has 2 atom stereocenters. The number of hydrogen-bond donors (Lipinski definition) is 2. The number of carbonyl (C=O) groups is 2. The van der Waals surface area contributed by atoms with Gasteiger partial charge in [0, 0.05) is 0 Å². The highest BCUT2D eigenvalue weighted by molar-refractivity contribution is 7.12. The summed E-state index contributed by atoms with van der Waals surface area (Å²) in [6, 6.07) is 10.4. The molecule has 1 heterocycles. The van der Waals surface area contributed by atoms with Crippen LogP contribution in [-0.4, -0.2) is 24.5 Å². The molecule has 0 fully saturated rings. The SMILES string of the molecule is CCOc1cccc(C(C)NC(=O)C(NC(=O)c2cccs2)C(C)C)c1. The third-order valence-electron chi connectivity index (χ3n) is 4.01. The van der Waals surface area contributed by atoms with Crippen molar-refractivity contribution in [1.82, 2.24) is 10.6 Å². The lowest BCUT2D eigenvalue weighted by Gasteiger charge is -2.24. The minimum absolute atomic E-state index is 0.0270. The molecule has 0 bridgehead atoms. The average Bonchev–Trinajstić information content (AvgIpc) is 3.14. The van der Waals surface area contributed by atoms with Crippen LogP contribution in [0.4, 0.5) is 0 Å². The molecular formula is C20H26N2O3S. The van der Waals surface area contributed by atoms with Crippen LogP contribution < -0.4 is 15.4 Å². The van der Waals surface area contributed by atoms with Crippen molar-refractivity contribution in [2.45, 2.75) is 39.8 Å². The topological polar surface area (TPSA) is 67.4 Å². The minimum atomic E-state index is -0.595. The van der Waals surface area contributed by atoms with Crippen LogP contribution >= 0.6 is 11.3 Å². The third-order valence-corrected chi connectivity index (χ3v) is 4.88. The van der Waals surface area contributed by atoms with E-state index >= 15 is 0 Å². The van der Waals surface area contributed by atoms with E-state index in [0.717, 1.165) is 11.3 Å². The summed E-state index contributed by atoms with van der Waals surface area (Å²) < 4.78 is 5.51. The molecule has 2 N–H and O–H groups in total. The molecule has 5 nitrogen and oxygen atoms in total. The molecular weight excluding hydrogens is 348 g/mol. The number of hydrogen-bond acceptors (Lipinski definition) is 4. The second-order valence-electron chi connectivity index (χ2n) is 6.41. The van der Waals surface area contributed by atoms with E-state index in [-0.39, 0.29) is 23.8 Å². The predicted octanol–water partition coefficient (Wildman–Crippen LogP) is 3.78. The van der Waals surface area contributed by atoms with Crippen LogP contribution in [0.25, 0.3) is 0 Å². The molecule has 26 heavy (non-hydrogen) atoms. The number of nitrogens with one attached hydrogen (secondary N) is 2. The van der Waals surface area contributed by atoms with Gasteiger partial charge in [0.05, 0.1) is 17.5 Å². The van der Waals surface area contributed by atoms with E-state index in [1.165, 1.54) is 11.3 Å². The zero-order chi connectivity index (χ0) is 19.1. The first-order chi connectivity index (χ1) is 12.4. The van der Waals surface area contributed by atoms with Crippen LogP contribution in [0, 0.1) is 5.92 Å². The zero-order valence-electron chi connectivity index (χ0n) is 15.6. The Labute approximate surface area is 158 Å². The summed E-state index contributed by atoms with van der Waals surface area (Å²) in [5, 5.41) is 7.67. The number of thiophene rings is 1. The van der Waals surface area contributed by atoms with Gasteiger partial charge in [0.25, 0.3) is 5.91 Å². The lowest BCUT2D eigenvalue weighted by molar-refractivity contribution is -0.124. The first-order valence-electron chi connectivity index (χ1n) is 8.79. The van der Waals surface area contributed by atoms with Gasteiger partial charge in [-0.1, -0.05) is 32.0 Å². The van der Waals surface area contributed by atoms with Crippen molar-refractivity contribution in [3.8, 4) is 5.75 Å². The summed E-state index contributed by atoms with van der Waals surface area (Å²) in [4.78, 5) is 25.6. The van der Waals surface area contributed by atoms with Gasteiger partial charge >= 0.3 is 0 Å². The highest BCUT2D eigenvalue weighted by Crippen LogP contribution is 2.20.